The maximum atomic E-state index is 13.8. The van der Waals surface area contributed by atoms with E-state index >= 15 is 0 Å². The van der Waals surface area contributed by atoms with E-state index < -0.39 is 5.82 Å². The van der Waals surface area contributed by atoms with Crippen molar-refractivity contribution in [1.29, 1.82) is 5.26 Å². The Morgan fingerprint density at radius 2 is 1.85 bits per heavy atom. The van der Waals surface area contributed by atoms with Crippen LogP contribution < -0.4 is 9.64 Å². The lowest BCUT2D eigenvalue weighted by molar-refractivity contribution is 0.238. The van der Waals surface area contributed by atoms with Gasteiger partial charge in [-0.2, -0.15) is 5.26 Å². The van der Waals surface area contributed by atoms with Crippen LogP contribution in [0.15, 0.2) is 42.5 Å². The molecule has 1 fully saturated rings. The summed E-state index contributed by atoms with van der Waals surface area (Å²) in [6, 6.07) is 15.0. The van der Waals surface area contributed by atoms with Crippen LogP contribution in [0.2, 0.25) is 0 Å². The van der Waals surface area contributed by atoms with Crippen molar-refractivity contribution in [3.63, 3.8) is 0 Å². The first kappa shape index (κ1) is 18.2. The molecule has 3 rings (SSSR count). The molecule has 2 aromatic rings. The maximum absolute atomic E-state index is 13.8. The SMILES string of the molecule is CC(C)Oc1cccc(CN2CCN(c3cccc(F)c3C#N)CC2)c1. The van der Waals surface area contributed by atoms with E-state index in [1.807, 2.05) is 38.1 Å². The van der Waals surface area contributed by atoms with Gasteiger partial charge in [0.05, 0.1) is 11.8 Å². The molecule has 4 nitrogen and oxygen atoms in total. The normalized spacial score (nSPS) is 15.1. The smallest absolute Gasteiger partial charge is 0.143 e. The van der Waals surface area contributed by atoms with Crippen molar-refractivity contribution in [1.82, 2.24) is 4.90 Å². The molecule has 26 heavy (non-hydrogen) atoms. The number of rotatable bonds is 5. The van der Waals surface area contributed by atoms with Gasteiger partial charge in [-0.05, 0) is 43.7 Å². The molecule has 0 amide bonds. The highest BCUT2D eigenvalue weighted by molar-refractivity contribution is 5.60. The third-order valence-corrected chi connectivity index (χ3v) is 4.49. The molecule has 0 aromatic heterocycles. The summed E-state index contributed by atoms with van der Waals surface area (Å²) in [6.45, 7) is 8.20. The van der Waals surface area contributed by atoms with Crippen LogP contribution in [0.4, 0.5) is 10.1 Å². The van der Waals surface area contributed by atoms with E-state index in [4.69, 9.17) is 4.74 Å². The summed E-state index contributed by atoms with van der Waals surface area (Å²) < 4.78 is 19.6. The number of anilines is 1. The van der Waals surface area contributed by atoms with Gasteiger partial charge in [0.25, 0.3) is 0 Å². The van der Waals surface area contributed by atoms with Crippen molar-refractivity contribution in [2.75, 3.05) is 31.1 Å². The zero-order valence-electron chi connectivity index (χ0n) is 15.3. The molecule has 0 atom stereocenters. The molecule has 0 radical (unpaired) electrons. The Morgan fingerprint density at radius 1 is 1.12 bits per heavy atom. The summed E-state index contributed by atoms with van der Waals surface area (Å²) in [7, 11) is 0. The molecule has 1 aliphatic rings. The molecule has 0 N–H and O–H groups in total. The van der Waals surface area contributed by atoms with Crippen LogP contribution >= 0.6 is 0 Å². The number of ether oxygens (including phenoxy) is 1. The Balaban J connectivity index is 1.61. The number of hydrogen-bond acceptors (Lipinski definition) is 4. The molecule has 0 spiro atoms. The van der Waals surface area contributed by atoms with Crippen molar-refractivity contribution in [2.45, 2.75) is 26.5 Å². The number of hydrogen-bond donors (Lipinski definition) is 0. The minimum Gasteiger partial charge on any atom is -0.491 e. The molecular formula is C21H24FN3O. The second kappa shape index (κ2) is 8.20. The molecule has 0 unspecified atom stereocenters. The van der Waals surface area contributed by atoms with E-state index in [1.54, 1.807) is 6.07 Å². The van der Waals surface area contributed by atoms with Crippen LogP contribution in [0.3, 0.4) is 0 Å². The fraction of sp³-hybridized carbons (Fsp3) is 0.381. The van der Waals surface area contributed by atoms with E-state index in [1.165, 1.54) is 11.6 Å². The van der Waals surface area contributed by atoms with Crippen molar-refractivity contribution < 1.29 is 9.13 Å². The van der Waals surface area contributed by atoms with Gasteiger partial charge in [-0.25, -0.2) is 4.39 Å². The van der Waals surface area contributed by atoms with Gasteiger partial charge in [0.15, 0.2) is 0 Å². The topological polar surface area (TPSA) is 39.5 Å². The largest absolute Gasteiger partial charge is 0.491 e. The third-order valence-electron chi connectivity index (χ3n) is 4.49. The Morgan fingerprint density at radius 3 is 2.54 bits per heavy atom. The Kier molecular flexibility index (Phi) is 5.75. The standard InChI is InChI=1S/C21H24FN3O/c1-16(2)26-18-6-3-5-17(13-18)15-24-9-11-25(12-10-24)21-8-4-7-20(22)19(21)14-23/h3-8,13,16H,9-12,15H2,1-2H3. The van der Waals surface area contributed by atoms with Gasteiger partial charge in [0, 0.05) is 32.7 Å². The first-order valence-corrected chi connectivity index (χ1v) is 8.98. The van der Waals surface area contributed by atoms with Gasteiger partial charge in [-0.15, -0.1) is 0 Å². The number of halogens is 1. The van der Waals surface area contributed by atoms with E-state index in [0.717, 1.165) is 38.5 Å². The Bertz CT molecular complexity index is 792. The Hall–Kier alpha value is -2.58. The predicted octanol–water partition coefficient (Wildman–Crippen LogP) is 3.81. The van der Waals surface area contributed by atoms with Crippen LogP contribution in [0.1, 0.15) is 25.0 Å². The Labute approximate surface area is 154 Å². The fourth-order valence-electron chi connectivity index (χ4n) is 3.28. The maximum Gasteiger partial charge on any atom is 0.143 e. The fourth-order valence-corrected chi connectivity index (χ4v) is 3.28. The average Bonchev–Trinajstić information content (AvgIpc) is 2.62. The van der Waals surface area contributed by atoms with Gasteiger partial charge in [0.1, 0.15) is 23.2 Å². The van der Waals surface area contributed by atoms with E-state index in [9.17, 15) is 9.65 Å². The molecule has 0 aliphatic carbocycles. The summed E-state index contributed by atoms with van der Waals surface area (Å²) in [5.41, 5.74) is 2.05. The molecule has 1 heterocycles. The second-order valence-corrected chi connectivity index (χ2v) is 6.82. The molecule has 0 saturated carbocycles. The third kappa shape index (κ3) is 4.33. The molecule has 2 aromatic carbocycles. The van der Waals surface area contributed by atoms with Gasteiger partial charge < -0.3 is 9.64 Å². The molecule has 5 heteroatoms. The molecule has 136 valence electrons. The molecule has 1 saturated heterocycles. The second-order valence-electron chi connectivity index (χ2n) is 6.82. The summed E-state index contributed by atoms with van der Waals surface area (Å²) >= 11 is 0. The quantitative estimate of drug-likeness (QED) is 0.819. The first-order valence-electron chi connectivity index (χ1n) is 8.98. The summed E-state index contributed by atoms with van der Waals surface area (Å²) in [4.78, 5) is 4.47. The predicted molar refractivity (Wildman–Crippen MR) is 101 cm³/mol. The lowest BCUT2D eigenvalue weighted by Gasteiger charge is -2.36. The van der Waals surface area contributed by atoms with Crippen LogP contribution in [0.5, 0.6) is 5.75 Å². The summed E-state index contributed by atoms with van der Waals surface area (Å²) in [5.74, 6) is 0.448. The van der Waals surface area contributed by atoms with Crippen molar-refractivity contribution >= 4 is 5.69 Å². The summed E-state index contributed by atoms with van der Waals surface area (Å²) in [6.07, 6.45) is 0.161. The minimum atomic E-state index is -0.450. The molecular weight excluding hydrogens is 329 g/mol. The molecule has 1 aliphatic heterocycles. The van der Waals surface area contributed by atoms with Crippen LogP contribution in [-0.2, 0) is 6.54 Å². The minimum absolute atomic E-state index is 0.138. The van der Waals surface area contributed by atoms with Gasteiger partial charge in [0.2, 0.25) is 0 Å². The number of nitrogens with zero attached hydrogens (tertiary/aromatic N) is 3. The van der Waals surface area contributed by atoms with Crippen molar-refractivity contribution in [3.8, 4) is 11.8 Å². The monoisotopic (exact) mass is 353 g/mol. The van der Waals surface area contributed by atoms with Crippen LogP contribution in [0.25, 0.3) is 0 Å². The van der Waals surface area contributed by atoms with E-state index in [2.05, 4.69) is 21.9 Å². The molecule has 0 bridgehead atoms. The van der Waals surface area contributed by atoms with Crippen LogP contribution in [-0.4, -0.2) is 37.2 Å². The average molecular weight is 353 g/mol. The van der Waals surface area contributed by atoms with Crippen LogP contribution in [0, 0.1) is 17.1 Å². The van der Waals surface area contributed by atoms with E-state index in [0.29, 0.717) is 5.69 Å². The van der Waals surface area contributed by atoms with Crippen molar-refractivity contribution in [2.24, 2.45) is 0 Å². The van der Waals surface area contributed by atoms with Crippen molar-refractivity contribution in [3.05, 3.63) is 59.4 Å². The van der Waals surface area contributed by atoms with Gasteiger partial charge >= 0.3 is 0 Å². The van der Waals surface area contributed by atoms with Gasteiger partial charge in [-0.3, -0.25) is 4.90 Å². The number of nitriles is 1. The highest BCUT2D eigenvalue weighted by Crippen LogP contribution is 2.24. The zero-order valence-corrected chi connectivity index (χ0v) is 15.3. The lowest BCUT2D eigenvalue weighted by Crippen LogP contribution is -2.46. The highest BCUT2D eigenvalue weighted by Gasteiger charge is 2.20. The number of piperazine rings is 1. The summed E-state index contributed by atoms with van der Waals surface area (Å²) in [5, 5.41) is 9.23. The van der Waals surface area contributed by atoms with Gasteiger partial charge in [-0.1, -0.05) is 18.2 Å². The highest BCUT2D eigenvalue weighted by atomic mass is 19.1. The number of benzene rings is 2. The lowest BCUT2D eigenvalue weighted by atomic mass is 10.1. The first-order chi connectivity index (χ1) is 12.6. The van der Waals surface area contributed by atoms with E-state index in [-0.39, 0.29) is 11.7 Å². The zero-order chi connectivity index (χ0) is 18.5.